The zero-order chi connectivity index (χ0) is 27.1. The van der Waals surface area contributed by atoms with Crippen LogP contribution in [0.5, 0.6) is 5.75 Å². The lowest BCUT2D eigenvalue weighted by molar-refractivity contribution is -0.137. The third kappa shape index (κ3) is 7.99. The molecule has 1 amide bonds. The number of alkyl halides is 3. The van der Waals surface area contributed by atoms with Crippen molar-refractivity contribution in [2.75, 3.05) is 5.32 Å². The average Bonchev–Trinajstić information content (AvgIpc) is 3.29. The van der Waals surface area contributed by atoms with E-state index in [1.807, 2.05) is 6.07 Å². The summed E-state index contributed by atoms with van der Waals surface area (Å²) in [5, 5.41) is 8.79. The third-order valence-corrected chi connectivity index (χ3v) is 6.63. The number of carbonyl (C=O) groups is 1. The van der Waals surface area contributed by atoms with Gasteiger partial charge in [0.25, 0.3) is 0 Å². The lowest BCUT2D eigenvalue weighted by Gasteiger charge is -2.09. The van der Waals surface area contributed by atoms with E-state index in [0.29, 0.717) is 22.1 Å². The van der Waals surface area contributed by atoms with Gasteiger partial charge >= 0.3 is 6.18 Å². The molecule has 0 spiro atoms. The van der Waals surface area contributed by atoms with Crippen molar-refractivity contribution in [1.82, 2.24) is 10.4 Å². The molecule has 0 saturated carbocycles. The van der Waals surface area contributed by atoms with Crippen LogP contribution >= 0.6 is 33.9 Å². The highest BCUT2D eigenvalue weighted by molar-refractivity contribution is 14.1. The van der Waals surface area contributed by atoms with Crippen molar-refractivity contribution in [2.45, 2.75) is 19.2 Å². The van der Waals surface area contributed by atoms with Gasteiger partial charge in [-0.25, -0.2) is 14.8 Å². The molecule has 0 aliphatic rings. The fourth-order valence-electron chi connectivity index (χ4n) is 3.23. The van der Waals surface area contributed by atoms with Crippen LogP contribution < -0.4 is 15.5 Å². The van der Waals surface area contributed by atoms with Crippen LogP contribution in [0.25, 0.3) is 0 Å². The Hall–Kier alpha value is -3.52. The fraction of sp³-hybridized carbons (Fsp3) is 0.115. The van der Waals surface area contributed by atoms with Crippen molar-refractivity contribution in [3.05, 3.63) is 104 Å². The van der Waals surface area contributed by atoms with Crippen LogP contribution in [-0.2, 0) is 24.0 Å². The van der Waals surface area contributed by atoms with Gasteiger partial charge in [-0.2, -0.15) is 18.3 Å². The molecule has 0 unspecified atom stereocenters. The molecule has 6 nitrogen and oxygen atoms in total. The highest BCUT2D eigenvalue weighted by atomic mass is 127. The van der Waals surface area contributed by atoms with Crippen LogP contribution in [0.3, 0.4) is 0 Å². The number of hydrogen-bond donors (Lipinski definition) is 2. The summed E-state index contributed by atoms with van der Waals surface area (Å²) in [6.07, 6.45) is -3.01. The van der Waals surface area contributed by atoms with Crippen molar-refractivity contribution < 1.29 is 27.1 Å². The van der Waals surface area contributed by atoms with Crippen molar-refractivity contribution in [2.24, 2.45) is 5.10 Å². The van der Waals surface area contributed by atoms with Gasteiger partial charge in [-0.15, -0.1) is 11.3 Å². The van der Waals surface area contributed by atoms with Gasteiger partial charge in [-0.05, 0) is 82.2 Å². The number of hydrazone groups is 1. The Balaban J connectivity index is 1.27. The Kier molecular flexibility index (Phi) is 8.94. The summed E-state index contributed by atoms with van der Waals surface area (Å²) in [5.74, 6) is -0.0903. The van der Waals surface area contributed by atoms with Crippen molar-refractivity contribution in [1.29, 1.82) is 0 Å². The first-order valence-corrected chi connectivity index (χ1v) is 13.0. The molecule has 0 bridgehead atoms. The third-order valence-electron chi connectivity index (χ3n) is 4.98. The number of anilines is 2. The first-order chi connectivity index (χ1) is 18.2. The number of nitrogens with one attached hydrogen (secondary N) is 2. The van der Waals surface area contributed by atoms with Crippen LogP contribution in [-0.4, -0.2) is 17.1 Å². The fourth-order valence-corrected chi connectivity index (χ4v) is 4.65. The first-order valence-electron chi connectivity index (χ1n) is 11.0. The van der Waals surface area contributed by atoms with E-state index < -0.39 is 17.6 Å². The van der Waals surface area contributed by atoms with Gasteiger partial charge in [0.15, 0.2) is 5.13 Å². The smallest absolute Gasteiger partial charge is 0.416 e. The average molecular weight is 654 g/mol. The minimum absolute atomic E-state index is 0.0531. The molecule has 0 saturated heterocycles. The van der Waals surface area contributed by atoms with E-state index in [1.165, 1.54) is 41.8 Å². The summed E-state index contributed by atoms with van der Waals surface area (Å²) in [4.78, 5) is 16.5. The van der Waals surface area contributed by atoms with Crippen molar-refractivity contribution >= 4 is 56.9 Å². The molecule has 1 aromatic heterocycles. The number of aromatic nitrogens is 1. The minimum atomic E-state index is -4.44. The largest absolute Gasteiger partial charge is 0.488 e. The van der Waals surface area contributed by atoms with Gasteiger partial charge in [0.2, 0.25) is 5.91 Å². The maximum atomic E-state index is 13.3. The number of benzene rings is 3. The summed E-state index contributed by atoms with van der Waals surface area (Å²) in [6, 6.07) is 16.3. The summed E-state index contributed by atoms with van der Waals surface area (Å²) >= 11 is 3.29. The number of ether oxygens (including phenoxy) is 1. The highest BCUT2D eigenvalue weighted by Crippen LogP contribution is 2.32. The first kappa shape index (κ1) is 27.5. The zero-order valence-electron chi connectivity index (χ0n) is 19.4. The van der Waals surface area contributed by atoms with E-state index in [0.717, 1.165) is 21.3 Å². The van der Waals surface area contributed by atoms with E-state index in [4.69, 9.17) is 4.74 Å². The van der Waals surface area contributed by atoms with Crippen molar-refractivity contribution in [3.63, 3.8) is 0 Å². The van der Waals surface area contributed by atoms with Gasteiger partial charge in [-0.1, -0.05) is 18.2 Å². The standard InChI is InChI=1S/C26H19F4IN4O2S/c27-19-5-1-3-17(9-19)14-37-23-8-7-16(10-22(23)31)13-32-35-24(36)12-21-15-38-25(34-21)33-20-6-2-4-18(11-20)26(28,29)30/h1-11,13,15H,12,14H2,(H,33,34)(H,35,36)/b32-13-. The second-order valence-corrected chi connectivity index (χ2v) is 9.95. The Bertz CT molecular complexity index is 1460. The maximum Gasteiger partial charge on any atom is 0.416 e. The minimum Gasteiger partial charge on any atom is -0.488 e. The van der Waals surface area contributed by atoms with Gasteiger partial charge in [0.05, 0.1) is 27.5 Å². The molecule has 0 aliphatic heterocycles. The molecule has 1 heterocycles. The predicted molar refractivity (Wildman–Crippen MR) is 146 cm³/mol. The van der Waals surface area contributed by atoms with Crippen LogP contribution in [0.2, 0.25) is 0 Å². The van der Waals surface area contributed by atoms with E-state index in [9.17, 15) is 22.4 Å². The molecule has 4 rings (SSSR count). The summed E-state index contributed by atoms with van der Waals surface area (Å²) in [5.41, 5.74) is 3.80. The topological polar surface area (TPSA) is 75.6 Å². The number of thiazole rings is 1. The van der Waals surface area contributed by atoms with Crippen LogP contribution in [0.1, 0.15) is 22.4 Å². The van der Waals surface area contributed by atoms with E-state index in [2.05, 4.69) is 43.4 Å². The molecule has 3 aromatic carbocycles. The normalized spacial score (nSPS) is 11.5. The number of carbonyl (C=O) groups excluding carboxylic acids is 1. The number of nitrogens with zero attached hydrogens (tertiary/aromatic N) is 2. The summed E-state index contributed by atoms with van der Waals surface area (Å²) in [6.45, 7) is 0.227. The molecule has 12 heteroatoms. The second kappa shape index (κ2) is 12.3. The molecular weight excluding hydrogens is 635 g/mol. The predicted octanol–water partition coefficient (Wildman–Crippen LogP) is 6.92. The van der Waals surface area contributed by atoms with E-state index in [-0.39, 0.29) is 24.5 Å². The number of hydrogen-bond acceptors (Lipinski definition) is 6. The highest BCUT2D eigenvalue weighted by Gasteiger charge is 2.30. The molecule has 0 aliphatic carbocycles. The zero-order valence-corrected chi connectivity index (χ0v) is 22.4. The van der Waals surface area contributed by atoms with Gasteiger partial charge < -0.3 is 10.1 Å². The van der Waals surface area contributed by atoms with Crippen molar-refractivity contribution in [3.8, 4) is 5.75 Å². The van der Waals surface area contributed by atoms with Crippen LogP contribution in [0.15, 0.2) is 77.2 Å². The Morgan fingerprint density at radius 1 is 1.11 bits per heavy atom. The SMILES string of the molecule is O=C(Cc1csc(Nc2cccc(C(F)(F)F)c2)n1)N/N=C\c1ccc(OCc2cccc(F)c2)c(I)c1. The Morgan fingerprint density at radius 2 is 1.92 bits per heavy atom. The lowest BCUT2D eigenvalue weighted by Crippen LogP contribution is -2.19. The molecule has 38 heavy (non-hydrogen) atoms. The molecular formula is C26H19F4IN4O2S. The molecule has 2 N–H and O–H groups in total. The molecule has 196 valence electrons. The molecule has 4 aromatic rings. The van der Waals surface area contributed by atoms with Crippen LogP contribution in [0.4, 0.5) is 28.4 Å². The Labute approximate surface area is 232 Å². The van der Waals surface area contributed by atoms with Crippen LogP contribution in [0, 0.1) is 9.39 Å². The molecule has 0 atom stereocenters. The van der Waals surface area contributed by atoms with E-state index in [1.54, 1.807) is 29.6 Å². The second-order valence-electron chi connectivity index (χ2n) is 7.93. The Morgan fingerprint density at radius 3 is 2.68 bits per heavy atom. The molecule has 0 fully saturated rings. The monoisotopic (exact) mass is 654 g/mol. The van der Waals surface area contributed by atoms with E-state index >= 15 is 0 Å². The van der Waals surface area contributed by atoms with Gasteiger partial charge in [0.1, 0.15) is 18.2 Å². The number of rotatable bonds is 9. The number of halogens is 5. The maximum absolute atomic E-state index is 13.3. The lowest BCUT2D eigenvalue weighted by atomic mass is 10.2. The quantitative estimate of drug-likeness (QED) is 0.0890. The van der Waals surface area contributed by atoms with Gasteiger partial charge in [0, 0.05) is 11.1 Å². The molecule has 0 radical (unpaired) electrons. The summed E-state index contributed by atoms with van der Waals surface area (Å²) in [7, 11) is 0. The summed E-state index contributed by atoms with van der Waals surface area (Å²) < 4.78 is 58.5. The number of amides is 1. The van der Waals surface area contributed by atoms with Gasteiger partial charge in [-0.3, -0.25) is 4.79 Å².